The summed E-state index contributed by atoms with van der Waals surface area (Å²) in [4.78, 5) is 2.44. The summed E-state index contributed by atoms with van der Waals surface area (Å²) in [5.74, 6) is 0.710. The van der Waals surface area contributed by atoms with Crippen LogP contribution in [0.15, 0.2) is 30.9 Å². The third-order valence-electron chi connectivity index (χ3n) is 4.15. The van der Waals surface area contributed by atoms with Crippen LogP contribution >= 0.6 is 24.0 Å². The Balaban J connectivity index is 0.00000242. The van der Waals surface area contributed by atoms with Crippen LogP contribution in [0, 0.1) is 5.41 Å². The van der Waals surface area contributed by atoms with Gasteiger partial charge < -0.3 is 10.5 Å². The maximum Gasteiger partial charge on any atom is 0.138 e. The van der Waals surface area contributed by atoms with Gasteiger partial charge in [0.1, 0.15) is 12.4 Å². The number of hydrogen-bond donors (Lipinski definition) is 1. The predicted octanol–water partition coefficient (Wildman–Crippen LogP) is 3.89. The van der Waals surface area contributed by atoms with E-state index >= 15 is 0 Å². The molecule has 2 rings (SSSR count). The van der Waals surface area contributed by atoms with Crippen molar-refractivity contribution in [2.24, 2.45) is 11.1 Å². The minimum Gasteiger partial charge on any atom is -0.488 e. The van der Waals surface area contributed by atoms with Gasteiger partial charge in [0.2, 0.25) is 0 Å². The van der Waals surface area contributed by atoms with Crippen molar-refractivity contribution in [3.8, 4) is 5.75 Å². The highest BCUT2D eigenvalue weighted by molar-refractivity contribution is 6.32. The summed E-state index contributed by atoms with van der Waals surface area (Å²) in [6.45, 7) is 11.5. The average Bonchev–Trinajstić information content (AvgIpc) is 2.42. The second kappa shape index (κ2) is 8.21. The fraction of sp³-hybridized carbons (Fsp3) is 0.529. The molecule has 0 spiro atoms. The fourth-order valence-electron chi connectivity index (χ4n) is 2.79. The van der Waals surface area contributed by atoms with Gasteiger partial charge in [0.15, 0.2) is 0 Å². The zero-order chi connectivity index (χ0) is 15.5. The van der Waals surface area contributed by atoms with Crippen LogP contribution in [0.1, 0.15) is 25.8 Å². The maximum atomic E-state index is 6.26. The van der Waals surface area contributed by atoms with E-state index in [1.165, 1.54) is 5.56 Å². The molecule has 1 aromatic carbocycles. The molecule has 1 saturated heterocycles. The Morgan fingerprint density at radius 1 is 1.50 bits per heavy atom. The highest BCUT2D eigenvalue weighted by Crippen LogP contribution is 2.30. The molecule has 124 valence electrons. The Kier molecular flexibility index (Phi) is 7.20. The number of benzene rings is 1. The summed E-state index contributed by atoms with van der Waals surface area (Å²) < 4.78 is 5.50. The fourth-order valence-corrected chi connectivity index (χ4v) is 3.04. The topological polar surface area (TPSA) is 38.5 Å². The number of likely N-dealkylation sites (tertiary alicyclic amines) is 1. The average molecular weight is 345 g/mol. The maximum absolute atomic E-state index is 6.26. The summed E-state index contributed by atoms with van der Waals surface area (Å²) in [6, 6.07) is 6.28. The molecule has 1 heterocycles. The Morgan fingerprint density at radius 2 is 2.23 bits per heavy atom. The first-order chi connectivity index (χ1) is 9.92. The van der Waals surface area contributed by atoms with Gasteiger partial charge in [0.25, 0.3) is 0 Å². The van der Waals surface area contributed by atoms with Gasteiger partial charge in [-0.1, -0.05) is 44.2 Å². The monoisotopic (exact) mass is 344 g/mol. The van der Waals surface area contributed by atoms with Crippen molar-refractivity contribution in [3.63, 3.8) is 0 Å². The first-order valence-electron chi connectivity index (χ1n) is 7.42. The molecule has 1 aromatic rings. The van der Waals surface area contributed by atoms with E-state index in [9.17, 15) is 0 Å². The number of nitrogens with zero attached hydrogens (tertiary/aromatic N) is 1. The summed E-state index contributed by atoms with van der Waals surface area (Å²) in [5, 5.41) is 0.655. The van der Waals surface area contributed by atoms with E-state index in [1.54, 1.807) is 6.08 Å². The largest absolute Gasteiger partial charge is 0.488 e. The number of halogens is 2. The van der Waals surface area contributed by atoms with Gasteiger partial charge in [-0.3, -0.25) is 4.90 Å². The second-order valence-corrected chi connectivity index (χ2v) is 6.87. The molecule has 1 fully saturated rings. The molecule has 0 saturated carbocycles. The summed E-state index contributed by atoms with van der Waals surface area (Å²) in [7, 11) is 0. The van der Waals surface area contributed by atoms with E-state index in [0.717, 1.165) is 26.1 Å². The molecule has 0 bridgehead atoms. The van der Waals surface area contributed by atoms with E-state index in [1.807, 2.05) is 12.1 Å². The van der Waals surface area contributed by atoms with Crippen LogP contribution in [0.4, 0.5) is 0 Å². The molecule has 0 aliphatic carbocycles. The highest BCUT2D eigenvalue weighted by atomic mass is 35.5. The van der Waals surface area contributed by atoms with Crippen LogP contribution < -0.4 is 10.5 Å². The molecule has 1 aliphatic rings. The van der Waals surface area contributed by atoms with Crippen LogP contribution in [-0.2, 0) is 6.54 Å². The first kappa shape index (κ1) is 19.3. The van der Waals surface area contributed by atoms with E-state index in [2.05, 4.69) is 31.4 Å². The lowest BCUT2D eigenvalue weighted by Crippen LogP contribution is -2.52. The smallest absolute Gasteiger partial charge is 0.138 e. The summed E-state index contributed by atoms with van der Waals surface area (Å²) in [5.41, 5.74) is 7.55. The molecule has 0 aromatic heterocycles. The van der Waals surface area contributed by atoms with E-state index in [0.29, 0.717) is 17.4 Å². The zero-order valence-electron chi connectivity index (χ0n) is 13.3. The SMILES string of the molecule is C=CCOc1ccc(CN2CCC(N)C(C)(C)C2)cc1Cl.Cl. The number of ether oxygens (including phenoxy) is 1. The normalized spacial score (nSPS) is 21.0. The van der Waals surface area contributed by atoms with Crippen LogP contribution in [0.5, 0.6) is 5.75 Å². The summed E-state index contributed by atoms with van der Waals surface area (Å²) >= 11 is 6.26. The van der Waals surface area contributed by atoms with Crippen LogP contribution in [0.2, 0.25) is 5.02 Å². The Bertz CT molecular complexity index is 505. The van der Waals surface area contributed by atoms with Gasteiger partial charge >= 0.3 is 0 Å². The number of nitrogens with two attached hydrogens (primary N) is 1. The van der Waals surface area contributed by atoms with Crippen molar-refractivity contribution in [1.29, 1.82) is 0 Å². The van der Waals surface area contributed by atoms with E-state index in [4.69, 9.17) is 22.1 Å². The van der Waals surface area contributed by atoms with Crippen molar-refractivity contribution in [3.05, 3.63) is 41.4 Å². The van der Waals surface area contributed by atoms with Crippen molar-refractivity contribution in [1.82, 2.24) is 4.90 Å². The Labute approximate surface area is 144 Å². The molecule has 1 unspecified atom stereocenters. The van der Waals surface area contributed by atoms with Crippen molar-refractivity contribution >= 4 is 24.0 Å². The van der Waals surface area contributed by atoms with Crippen LogP contribution in [0.3, 0.4) is 0 Å². The van der Waals surface area contributed by atoms with Gasteiger partial charge in [-0.2, -0.15) is 0 Å². The van der Waals surface area contributed by atoms with Gasteiger partial charge in [-0.05, 0) is 29.5 Å². The van der Waals surface area contributed by atoms with Crippen LogP contribution in [0.25, 0.3) is 0 Å². The lowest BCUT2D eigenvalue weighted by atomic mass is 9.79. The van der Waals surface area contributed by atoms with E-state index in [-0.39, 0.29) is 23.9 Å². The lowest BCUT2D eigenvalue weighted by Gasteiger charge is -2.42. The van der Waals surface area contributed by atoms with Crippen molar-refractivity contribution in [2.75, 3.05) is 19.7 Å². The minimum atomic E-state index is 0. The van der Waals surface area contributed by atoms with Crippen LogP contribution in [-0.4, -0.2) is 30.6 Å². The molecule has 0 radical (unpaired) electrons. The second-order valence-electron chi connectivity index (χ2n) is 6.46. The summed E-state index contributed by atoms with van der Waals surface area (Å²) in [6.07, 6.45) is 2.75. The third-order valence-corrected chi connectivity index (χ3v) is 4.45. The van der Waals surface area contributed by atoms with Crippen molar-refractivity contribution < 1.29 is 4.74 Å². The van der Waals surface area contributed by atoms with Gasteiger partial charge in [0.05, 0.1) is 5.02 Å². The van der Waals surface area contributed by atoms with Gasteiger partial charge in [-0.15, -0.1) is 12.4 Å². The molecule has 22 heavy (non-hydrogen) atoms. The molecule has 0 amide bonds. The first-order valence-corrected chi connectivity index (χ1v) is 7.80. The Morgan fingerprint density at radius 3 is 2.82 bits per heavy atom. The van der Waals surface area contributed by atoms with E-state index < -0.39 is 0 Å². The quantitative estimate of drug-likeness (QED) is 0.823. The van der Waals surface area contributed by atoms with Crippen molar-refractivity contribution in [2.45, 2.75) is 32.9 Å². The lowest BCUT2D eigenvalue weighted by molar-refractivity contribution is 0.0899. The molecule has 5 heteroatoms. The van der Waals surface area contributed by atoms with Gasteiger partial charge in [0, 0.05) is 25.7 Å². The highest BCUT2D eigenvalue weighted by Gasteiger charge is 2.33. The molecule has 1 atom stereocenters. The Hall–Kier alpha value is -0.740. The molecular weight excluding hydrogens is 319 g/mol. The third kappa shape index (κ3) is 4.88. The van der Waals surface area contributed by atoms with Gasteiger partial charge in [-0.25, -0.2) is 0 Å². The molecule has 1 aliphatic heterocycles. The predicted molar refractivity (Wildman–Crippen MR) is 96.0 cm³/mol. The zero-order valence-corrected chi connectivity index (χ0v) is 14.9. The number of rotatable bonds is 5. The number of piperidine rings is 1. The standard InChI is InChI=1S/C17H25ClN2O.ClH/c1-4-9-21-15-6-5-13(10-14(15)18)11-20-8-7-16(19)17(2,3)12-20;/h4-6,10,16H,1,7-9,11-12,19H2,2-3H3;1H. The number of hydrogen-bond acceptors (Lipinski definition) is 3. The molecule has 3 nitrogen and oxygen atoms in total. The minimum absolute atomic E-state index is 0. The molecule has 2 N–H and O–H groups in total. The molecular formula is C17H26Cl2N2O.